The monoisotopic (exact) mass is 262 g/mol. The number of fused-ring (bicyclic) bond motifs is 1. The van der Waals surface area contributed by atoms with E-state index in [0.717, 1.165) is 37.4 Å². The molecule has 2 aliphatic rings. The van der Waals surface area contributed by atoms with Gasteiger partial charge in [0.25, 0.3) is 0 Å². The summed E-state index contributed by atoms with van der Waals surface area (Å²) in [5.74, 6) is 1.91. The molecule has 4 heteroatoms. The second-order valence-corrected chi connectivity index (χ2v) is 5.77. The zero-order valence-corrected chi connectivity index (χ0v) is 11.9. The van der Waals surface area contributed by atoms with Crippen molar-refractivity contribution in [2.75, 3.05) is 34.3 Å². The van der Waals surface area contributed by atoms with Gasteiger partial charge >= 0.3 is 0 Å². The van der Waals surface area contributed by atoms with Crippen molar-refractivity contribution in [2.24, 2.45) is 0 Å². The molecule has 104 valence electrons. The smallest absolute Gasteiger partial charge is 0.128 e. The Hall–Kier alpha value is -1.26. The second-order valence-electron chi connectivity index (χ2n) is 5.77. The second kappa shape index (κ2) is 4.69. The number of nitrogens with one attached hydrogen (secondary N) is 1. The Morgan fingerprint density at radius 2 is 2.26 bits per heavy atom. The zero-order chi connectivity index (χ0) is 13.5. The molecular weight excluding hydrogens is 240 g/mol. The van der Waals surface area contributed by atoms with Gasteiger partial charge in [-0.15, -0.1) is 0 Å². The van der Waals surface area contributed by atoms with Gasteiger partial charge in [-0.2, -0.15) is 0 Å². The lowest BCUT2D eigenvalue weighted by Crippen LogP contribution is -2.45. The van der Waals surface area contributed by atoms with E-state index in [-0.39, 0.29) is 5.60 Å². The van der Waals surface area contributed by atoms with E-state index in [1.165, 1.54) is 5.56 Å². The number of methoxy groups -OCH3 is 1. The van der Waals surface area contributed by atoms with Gasteiger partial charge < -0.3 is 19.7 Å². The van der Waals surface area contributed by atoms with Gasteiger partial charge in [-0.25, -0.2) is 0 Å². The van der Waals surface area contributed by atoms with E-state index >= 15 is 0 Å². The molecule has 2 unspecified atom stereocenters. The van der Waals surface area contributed by atoms with Crippen LogP contribution in [0.25, 0.3) is 0 Å². The maximum Gasteiger partial charge on any atom is 0.128 e. The van der Waals surface area contributed by atoms with Crippen LogP contribution < -0.4 is 14.8 Å². The summed E-state index contributed by atoms with van der Waals surface area (Å²) in [4.78, 5) is 2.27. The molecule has 3 rings (SSSR count). The third kappa shape index (κ3) is 2.09. The highest BCUT2D eigenvalue weighted by Crippen LogP contribution is 2.47. The van der Waals surface area contributed by atoms with Crippen molar-refractivity contribution in [3.05, 3.63) is 23.8 Å². The molecular formula is C15H22N2O2. The standard InChI is InChI=1S/C15H22N2O2/c1-17(2)11-9-15(7-8-16-10-15)19-13-6-4-5-12(18-3)14(11)13/h4-6,11,16H,7-10H2,1-3H3. The van der Waals surface area contributed by atoms with E-state index in [4.69, 9.17) is 9.47 Å². The molecule has 4 nitrogen and oxygen atoms in total. The number of hydrogen-bond donors (Lipinski definition) is 1. The van der Waals surface area contributed by atoms with Gasteiger partial charge in [-0.05, 0) is 32.8 Å². The van der Waals surface area contributed by atoms with Gasteiger partial charge in [-0.3, -0.25) is 0 Å². The van der Waals surface area contributed by atoms with Crippen molar-refractivity contribution in [3.8, 4) is 11.5 Å². The van der Waals surface area contributed by atoms with Gasteiger partial charge in [-0.1, -0.05) is 6.07 Å². The summed E-state index contributed by atoms with van der Waals surface area (Å²) < 4.78 is 11.9. The Morgan fingerprint density at radius 3 is 2.89 bits per heavy atom. The van der Waals surface area contributed by atoms with E-state index in [2.05, 4.69) is 30.4 Å². The number of nitrogens with zero attached hydrogens (tertiary/aromatic N) is 1. The number of benzene rings is 1. The molecule has 1 spiro atoms. The number of rotatable bonds is 2. The van der Waals surface area contributed by atoms with Crippen molar-refractivity contribution in [2.45, 2.75) is 24.5 Å². The quantitative estimate of drug-likeness (QED) is 0.881. The first kappa shape index (κ1) is 12.8. The first-order valence-electron chi connectivity index (χ1n) is 6.88. The predicted molar refractivity (Wildman–Crippen MR) is 74.9 cm³/mol. The lowest BCUT2D eigenvalue weighted by Gasteiger charge is -2.42. The normalized spacial score (nSPS) is 29.4. The van der Waals surface area contributed by atoms with Crippen molar-refractivity contribution in [1.82, 2.24) is 10.2 Å². The maximum absolute atomic E-state index is 6.33. The summed E-state index contributed by atoms with van der Waals surface area (Å²) >= 11 is 0. The zero-order valence-electron chi connectivity index (χ0n) is 11.9. The molecule has 2 aliphatic heterocycles. The molecule has 0 aliphatic carbocycles. The van der Waals surface area contributed by atoms with Gasteiger partial charge in [0.2, 0.25) is 0 Å². The third-order valence-corrected chi connectivity index (χ3v) is 4.30. The minimum atomic E-state index is -0.0473. The van der Waals surface area contributed by atoms with Crippen LogP contribution in [0.5, 0.6) is 11.5 Å². The van der Waals surface area contributed by atoms with Gasteiger partial charge in [0.05, 0.1) is 12.7 Å². The largest absolute Gasteiger partial charge is 0.496 e. The molecule has 1 N–H and O–H groups in total. The first-order chi connectivity index (χ1) is 9.15. The van der Waals surface area contributed by atoms with Crippen LogP contribution in [0.1, 0.15) is 24.4 Å². The first-order valence-corrected chi connectivity index (χ1v) is 6.88. The summed E-state index contributed by atoms with van der Waals surface area (Å²) in [5.41, 5.74) is 1.14. The summed E-state index contributed by atoms with van der Waals surface area (Å²) in [6, 6.07) is 6.43. The van der Waals surface area contributed by atoms with Gasteiger partial charge in [0, 0.05) is 25.4 Å². The third-order valence-electron chi connectivity index (χ3n) is 4.30. The molecule has 1 saturated heterocycles. The maximum atomic E-state index is 6.33. The average molecular weight is 262 g/mol. The summed E-state index contributed by atoms with van der Waals surface area (Å²) in [7, 11) is 5.98. The highest BCUT2D eigenvalue weighted by molar-refractivity contribution is 5.49. The van der Waals surface area contributed by atoms with Crippen LogP contribution in [0.2, 0.25) is 0 Å². The molecule has 19 heavy (non-hydrogen) atoms. The molecule has 2 heterocycles. The SMILES string of the molecule is COc1cccc2c1C(N(C)C)CC1(CCNC1)O2. The molecule has 1 aromatic carbocycles. The lowest BCUT2D eigenvalue weighted by atomic mass is 9.85. The Bertz CT molecular complexity index is 467. The van der Waals surface area contributed by atoms with Crippen LogP contribution in [0.3, 0.4) is 0 Å². The summed E-state index contributed by atoms with van der Waals surface area (Å²) in [6.45, 7) is 1.98. The van der Waals surface area contributed by atoms with Crippen molar-refractivity contribution < 1.29 is 9.47 Å². The molecule has 1 aromatic rings. The van der Waals surface area contributed by atoms with Crippen LogP contribution in [0, 0.1) is 0 Å². The van der Waals surface area contributed by atoms with Gasteiger partial charge in [0.15, 0.2) is 0 Å². The summed E-state index contributed by atoms with van der Waals surface area (Å²) in [6.07, 6.45) is 2.09. The van der Waals surface area contributed by atoms with E-state index < -0.39 is 0 Å². The van der Waals surface area contributed by atoms with Crippen LogP contribution in [0.4, 0.5) is 0 Å². The fraction of sp³-hybridized carbons (Fsp3) is 0.600. The molecule has 2 atom stereocenters. The topological polar surface area (TPSA) is 33.7 Å². The lowest BCUT2D eigenvalue weighted by molar-refractivity contribution is 0.0276. The minimum Gasteiger partial charge on any atom is -0.496 e. The fourth-order valence-electron chi connectivity index (χ4n) is 3.27. The minimum absolute atomic E-state index is 0.0473. The molecule has 0 aromatic heterocycles. The number of hydrogen-bond acceptors (Lipinski definition) is 4. The number of ether oxygens (including phenoxy) is 2. The Balaban J connectivity index is 2.06. The van der Waals surface area contributed by atoms with E-state index in [9.17, 15) is 0 Å². The fourth-order valence-corrected chi connectivity index (χ4v) is 3.27. The molecule has 0 radical (unpaired) electrons. The molecule has 0 saturated carbocycles. The molecule has 0 amide bonds. The van der Waals surface area contributed by atoms with Crippen LogP contribution in [-0.2, 0) is 0 Å². The van der Waals surface area contributed by atoms with Crippen molar-refractivity contribution in [3.63, 3.8) is 0 Å². The predicted octanol–water partition coefficient (Wildman–Crippen LogP) is 1.81. The van der Waals surface area contributed by atoms with Crippen molar-refractivity contribution in [1.29, 1.82) is 0 Å². The van der Waals surface area contributed by atoms with E-state index in [1.54, 1.807) is 7.11 Å². The summed E-state index contributed by atoms with van der Waals surface area (Å²) in [5, 5.41) is 3.43. The van der Waals surface area contributed by atoms with Crippen LogP contribution in [0.15, 0.2) is 18.2 Å². The highest BCUT2D eigenvalue weighted by Gasteiger charge is 2.44. The molecule has 0 bridgehead atoms. The van der Waals surface area contributed by atoms with Crippen molar-refractivity contribution >= 4 is 0 Å². The Kier molecular flexibility index (Phi) is 3.15. The van der Waals surface area contributed by atoms with E-state index in [0.29, 0.717) is 6.04 Å². The highest BCUT2D eigenvalue weighted by atomic mass is 16.5. The van der Waals surface area contributed by atoms with Gasteiger partial charge in [0.1, 0.15) is 17.1 Å². The van der Waals surface area contributed by atoms with Crippen LogP contribution in [-0.4, -0.2) is 44.8 Å². The Labute approximate surface area is 114 Å². The Morgan fingerprint density at radius 1 is 1.42 bits per heavy atom. The average Bonchev–Trinajstić information content (AvgIpc) is 2.84. The van der Waals surface area contributed by atoms with E-state index in [1.807, 2.05) is 12.1 Å². The van der Waals surface area contributed by atoms with Crippen LogP contribution >= 0.6 is 0 Å². The molecule has 1 fully saturated rings.